The van der Waals surface area contributed by atoms with Gasteiger partial charge in [-0.1, -0.05) is 18.2 Å². The molecule has 0 unspecified atom stereocenters. The van der Waals surface area contributed by atoms with Crippen LogP contribution in [0, 0.1) is 0 Å². The molecule has 5 rings (SSSR count). The van der Waals surface area contributed by atoms with Crippen molar-refractivity contribution in [2.24, 2.45) is 0 Å². The van der Waals surface area contributed by atoms with E-state index in [0.717, 1.165) is 22.7 Å². The van der Waals surface area contributed by atoms with Crippen LogP contribution < -0.4 is 29.8 Å². The summed E-state index contributed by atoms with van der Waals surface area (Å²) in [7, 11) is 2.84. The summed E-state index contributed by atoms with van der Waals surface area (Å²) in [6, 6.07) is 9.43. The van der Waals surface area contributed by atoms with E-state index in [9.17, 15) is 19.5 Å². The number of rotatable bonds is 11. The Labute approximate surface area is 240 Å². The summed E-state index contributed by atoms with van der Waals surface area (Å²) < 4.78 is 27.4. The Morgan fingerprint density at radius 3 is 2.64 bits per heavy atom. The molecule has 12 heteroatoms. The predicted octanol–water partition coefficient (Wildman–Crippen LogP) is 3.37. The predicted molar refractivity (Wildman–Crippen MR) is 152 cm³/mol. The molecule has 0 fully saturated rings. The summed E-state index contributed by atoms with van der Waals surface area (Å²) in [6.07, 6.45) is 3.26. The molecule has 220 valence electrons. The summed E-state index contributed by atoms with van der Waals surface area (Å²) in [6.45, 7) is 1.91. The third kappa shape index (κ3) is 5.30. The number of hydrogen-bond donors (Lipinski definition) is 4. The molecule has 1 aliphatic rings. The number of carbonyl (C=O) groups is 2. The first-order chi connectivity index (χ1) is 20.4. The van der Waals surface area contributed by atoms with E-state index < -0.39 is 29.1 Å². The molecule has 0 aliphatic carbocycles. The van der Waals surface area contributed by atoms with Crippen LogP contribution in [0.25, 0.3) is 10.9 Å². The Kier molecular flexibility index (Phi) is 8.23. The lowest BCUT2D eigenvalue weighted by molar-refractivity contribution is -0.121. The molecule has 3 heterocycles. The highest BCUT2D eigenvalue weighted by molar-refractivity contribution is 5.93. The molecule has 4 N–H and O–H groups in total. The molecule has 42 heavy (non-hydrogen) atoms. The quantitative estimate of drug-likeness (QED) is 0.196. The largest absolute Gasteiger partial charge is 0.506 e. The monoisotopic (exact) mass is 577 g/mol. The van der Waals surface area contributed by atoms with Gasteiger partial charge in [-0.05, 0) is 31.0 Å². The number of ether oxygens (including phenoxy) is 5. The van der Waals surface area contributed by atoms with Crippen molar-refractivity contribution in [3.63, 3.8) is 0 Å². The number of nitrogens with one attached hydrogen (secondary N) is 3. The van der Waals surface area contributed by atoms with E-state index in [0.29, 0.717) is 24.3 Å². The number of benzene rings is 2. The van der Waals surface area contributed by atoms with Crippen LogP contribution >= 0.6 is 0 Å². The lowest BCUT2D eigenvalue weighted by Gasteiger charge is -2.23. The second-order valence-corrected chi connectivity index (χ2v) is 9.50. The molecule has 1 amide bonds. The summed E-state index contributed by atoms with van der Waals surface area (Å²) in [5.41, 5.74) is 1.19. The zero-order valence-electron chi connectivity index (χ0n) is 23.4. The van der Waals surface area contributed by atoms with Gasteiger partial charge >= 0.3 is 5.97 Å². The number of hydrogen-bond acceptors (Lipinski definition) is 9. The van der Waals surface area contributed by atoms with Crippen molar-refractivity contribution in [1.29, 1.82) is 0 Å². The van der Waals surface area contributed by atoms with E-state index in [4.69, 9.17) is 23.7 Å². The topological polar surface area (TPSA) is 161 Å². The number of pyridine rings is 1. The lowest BCUT2D eigenvalue weighted by atomic mass is 9.86. The van der Waals surface area contributed by atoms with Crippen LogP contribution in [0.1, 0.15) is 46.3 Å². The fourth-order valence-corrected chi connectivity index (χ4v) is 5.18. The van der Waals surface area contributed by atoms with E-state index >= 15 is 0 Å². The van der Waals surface area contributed by atoms with Gasteiger partial charge in [-0.25, -0.2) is 4.79 Å². The van der Waals surface area contributed by atoms with Gasteiger partial charge in [0.15, 0.2) is 11.5 Å². The number of methoxy groups -OCH3 is 2. The number of aromatic nitrogens is 2. The van der Waals surface area contributed by atoms with Crippen LogP contribution in [-0.2, 0) is 16.0 Å². The second kappa shape index (κ2) is 12.2. The maximum absolute atomic E-state index is 13.4. The van der Waals surface area contributed by atoms with Gasteiger partial charge in [0.1, 0.15) is 11.3 Å². The van der Waals surface area contributed by atoms with Gasteiger partial charge in [0.05, 0.1) is 26.4 Å². The molecule has 2 aromatic carbocycles. The van der Waals surface area contributed by atoms with Gasteiger partial charge in [-0.2, -0.15) is 0 Å². The van der Waals surface area contributed by atoms with E-state index in [1.54, 1.807) is 13.0 Å². The van der Waals surface area contributed by atoms with Crippen molar-refractivity contribution in [1.82, 2.24) is 15.3 Å². The summed E-state index contributed by atoms with van der Waals surface area (Å²) >= 11 is 0. The van der Waals surface area contributed by atoms with E-state index in [1.807, 2.05) is 30.5 Å². The first kappa shape index (κ1) is 28.4. The van der Waals surface area contributed by atoms with Crippen LogP contribution in [0.3, 0.4) is 0 Å². The number of para-hydroxylation sites is 1. The Morgan fingerprint density at radius 2 is 1.88 bits per heavy atom. The van der Waals surface area contributed by atoms with Gasteiger partial charge in [-0.3, -0.25) is 9.59 Å². The van der Waals surface area contributed by atoms with Crippen LogP contribution in [0.2, 0.25) is 0 Å². The highest BCUT2D eigenvalue weighted by Crippen LogP contribution is 2.53. The molecule has 0 radical (unpaired) electrons. The molecule has 0 saturated carbocycles. The number of esters is 1. The molecule has 0 bridgehead atoms. The smallest absolute Gasteiger partial charge is 0.343 e. The van der Waals surface area contributed by atoms with Crippen LogP contribution in [0.5, 0.6) is 28.7 Å². The highest BCUT2D eigenvalue weighted by Gasteiger charge is 2.35. The molecule has 1 atom stereocenters. The van der Waals surface area contributed by atoms with E-state index in [1.165, 1.54) is 14.2 Å². The normalized spacial score (nSPS) is 12.6. The second-order valence-electron chi connectivity index (χ2n) is 9.50. The van der Waals surface area contributed by atoms with Gasteiger partial charge in [0.2, 0.25) is 24.2 Å². The first-order valence-corrected chi connectivity index (χ1v) is 13.4. The molecule has 12 nitrogen and oxygen atoms in total. The number of fused-ring (bicyclic) bond motifs is 2. The molecule has 1 aliphatic heterocycles. The SMILES string of the molecule is CCOC(=O)c1c[nH]c(=O)c([C@H](CC(=O)NCCc2c[nH]c3ccccc23)c2cc(OC)c3c(c2OC)OCO3)c1O. The standard InChI is InChI=1S/C30H31N3O9/c1-4-40-30(37)20-14-33-29(36)24(25(20)35)18(19-11-22(38-2)27-28(26(19)39-3)42-15-41-27)12-23(34)31-10-9-16-13-32-21-8-6-5-7-17(16)21/h5-8,11,13-14,18,32H,4,9-10,12,15H2,1-3H3,(H,31,34)(H2,33,35,36)/t18-/m1/s1. The van der Waals surface area contributed by atoms with Gasteiger partial charge < -0.3 is 44.1 Å². The Bertz CT molecular complexity index is 1690. The van der Waals surface area contributed by atoms with Crippen molar-refractivity contribution in [3.8, 4) is 28.7 Å². The highest BCUT2D eigenvalue weighted by atomic mass is 16.7. The lowest BCUT2D eigenvalue weighted by Crippen LogP contribution is -2.29. The fraction of sp³-hybridized carbons (Fsp3) is 0.300. The summed E-state index contributed by atoms with van der Waals surface area (Å²) in [4.78, 5) is 44.9. The van der Waals surface area contributed by atoms with E-state index in [-0.39, 0.29) is 48.2 Å². The first-order valence-electron chi connectivity index (χ1n) is 13.4. The minimum Gasteiger partial charge on any atom is -0.506 e. The Morgan fingerprint density at radius 1 is 1.10 bits per heavy atom. The molecular weight excluding hydrogens is 546 g/mol. The number of carbonyl (C=O) groups excluding carboxylic acids is 2. The maximum Gasteiger partial charge on any atom is 0.343 e. The number of aromatic amines is 2. The zero-order valence-corrected chi connectivity index (χ0v) is 23.4. The van der Waals surface area contributed by atoms with Crippen LogP contribution in [-0.4, -0.2) is 61.1 Å². The Hall–Kier alpha value is -5.13. The molecule has 0 saturated heterocycles. The molecule has 2 aromatic heterocycles. The van der Waals surface area contributed by atoms with Crippen molar-refractivity contribution in [2.45, 2.75) is 25.7 Å². The van der Waals surface area contributed by atoms with Gasteiger partial charge in [-0.15, -0.1) is 0 Å². The maximum atomic E-state index is 13.4. The fourth-order valence-electron chi connectivity index (χ4n) is 5.18. The van der Waals surface area contributed by atoms with E-state index in [2.05, 4.69) is 15.3 Å². The van der Waals surface area contributed by atoms with Crippen LogP contribution in [0.4, 0.5) is 0 Å². The third-order valence-electron chi connectivity index (χ3n) is 7.12. The van der Waals surface area contributed by atoms with Crippen molar-refractivity contribution in [2.75, 3.05) is 34.2 Å². The zero-order chi connectivity index (χ0) is 29.8. The average molecular weight is 578 g/mol. The molecule has 4 aromatic rings. The number of aromatic hydroxyl groups is 1. The molecular formula is C30H31N3O9. The minimum absolute atomic E-state index is 0.0577. The van der Waals surface area contributed by atoms with Gasteiger partial charge in [0, 0.05) is 47.7 Å². The van der Waals surface area contributed by atoms with Crippen molar-refractivity contribution < 1.29 is 38.4 Å². The Balaban J connectivity index is 1.52. The number of amides is 1. The number of H-pyrrole nitrogens is 2. The molecule has 0 spiro atoms. The van der Waals surface area contributed by atoms with Crippen molar-refractivity contribution in [3.05, 3.63) is 75.3 Å². The van der Waals surface area contributed by atoms with Crippen molar-refractivity contribution >= 4 is 22.8 Å². The summed E-state index contributed by atoms with van der Waals surface area (Å²) in [5.74, 6) is -1.92. The van der Waals surface area contributed by atoms with Gasteiger partial charge in [0.25, 0.3) is 5.56 Å². The average Bonchev–Trinajstić information content (AvgIpc) is 3.64. The third-order valence-corrected chi connectivity index (χ3v) is 7.12. The van der Waals surface area contributed by atoms with Crippen LogP contribution in [0.15, 0.2) is 47.5 Å². The minimum atomic E-state index is -1.09. The summed E-state index contributed by atoms with van der Waals surface area (Å²) in [5, 5.41) is 15.2.